The molecule has 1 aliphatic heterocycles. The Morgan fingerprint density at radius 1 is 1.39 bits per heavy atom. The number of ether oxygens (including phenoxy) is 1. The van der Waals surface area contributed by atoms with Gasteiger partial charge in [-0.05, 0) is 53.9 Å². The van der Waals surface area contributed by atoms with Gasteiger partial charge in [-0.25, -0.2) is 0 Å². The molecule has 1 aromatic rings. The predicted octanol–water partition coefficient (Wildman–Crippen LogP) is 3.44. The van der Waals surface area contributed by atoms with E-state index >= 15 is 0 Å². The van der Waals surface area contributed by atoms with Crippen molar-refractivity contribution in [3.05, 3.63) is 29.3 Å². The summed E-state index contributed by atoms with van der Waals surface area (Å²) >= 11 is 2.05. The number of hydrogen-bond donors (Lipinski definition) is 0. The van der Waals surface area contributed by atoms with Crippen molar-refractivity contribution < 1.29 is 9.53 Å². The maximum absolute atomic E-state index is 10.5. The van der Waals surface area contributed by atoms with Crippen molar-refractivity contribution in [2.24, 2.45) is 0 Å². The summed E-state index contributed by atoms with van der Waals surface area (Å²) in [5.74, 6) is 4.12. The van der Waals surface area contributed by atoms with Crippen LogP contribution in [-0.4, -0.2) is 24.9 Å². The van der Waals surface area contributed by atoms with Crippen molar-refractivity contribution in [3.63, 3.8) is 0 Å². The van der Waals surface area contributed by atoms with E-state index in [0.29, 0.717) is 12.3 Å². The second-order valence-corrected chi connectivity index (χ2v) is 5.89. The van der Waals surface area contributed by atoms with Crippen LogP contribution in [0, 0.1) is 0 Å². The summed E-state index contributed by atoms with van der Waals surface area (Å²) in [6, 6.07) is 6.48. The van der Waals surface area contributed by atoms with Crippen LogP contribution in [0.2, 0.25) is 0 Å². The highest BCUT2D eigenvalue weighted by molar-refractivity contribution is 7.99. The average Bonchev–Trinajstić information content (AvgIpc) is 2.45. The highest BCUT2D eigenvalue weighted by Crippen LogP contribution is 2.33. The minimum absolute atomic E-state index is 0.570. The van der Waals surface area contributed by atoms with E-state index in [4.69, 9.17) is 4.74 Å². The molecule has 98 valence electrons. The monoisotopic (exact) mass is 264 g/mol. The van der Waals surface area contributed by atoms with E-state index in [1.54, 1.807) is 7.11 Å². The van der Waals surface area contributed by atoms with E-state index in [0.717, 1.165) is 18.5 Å². The minimum Gasteiger partial charge on any atom is -0.496 e. The molecule has 2 rings (SSSR count). The first-order valence-corrected chi connectivity index (χ1v) is 7.69. The topological polar surface area (TPSA) is 26.3 Å². The van der Waals surface area contributed by atoms with Crippen LogP contribution in [-0.2, 0) is 11.2 Å². The fourth-order valence-corrected chi connectivity index (χ4v) is 3.60. The normalized spacial score (nSPS) is 16.5. The van der Waals surface area contributed by atoms with Crippen LogP contribution >= 0.6 is 11.8 Å². The van der Waals surface area contributed by atoms with Gasteiger partial charge in [-0.2, -0.15) is 11.8 Å². The molecule has 1 fully saturated rings. The summed E-state index contributed by atoms with van der Waals surface area (Å²) in [6.07, 6.45) is 4.86. The molecule has 3 heteroatoms. The fourth-order valence-electron chi connectivity index (χ4n) is 2.49. The summed E-state index contributed by atoms with van der Waals surface area (Å²) in [5.41, 5.74) is 2.58. The van der Waals surface area contributed by atoms with E-state index < -0.39 is 0 Å². The van der Waals surface area contributed by atoms with Gasteiger partial charge in [-0.3, -0.25) is 0 Å². The second-order valence-electron chi connectivity index (χ2n) is 4.66. The van der Waals surface area contributed by atoms with Crippen molar-refractivity contribution in [2.75, 3.05) is 18.6 Å². The van der Waals surface area contributed by atoms with Crippen molar-refractivity contribution in [1.82, 2.24) is 0 Å². The van der Waals surface area contributed by atoms with Gasteiger partial charge in [0.1, 0.15) is 12.0 Å². The number of thioether (sulfide) groups is 1. The van der Waals surface area contributed by atoms with E-state index in [1.165, 1.54) is 35.5 Å². The smallest absolute Gasteiger partial charge is 0.122 e. The fraction of sp³-hybridized carbons (Fsp3) is 0.533. The Labute approximate surface area is 113 Å². The lowest BCUT2D eigenvalue weighted by Gasteiger charge is -2.22. The lowest BCUT2D eigenvalue weighted by atomic mass is 9.91. The molecule has 1 heterocycles. The van der Waals surface area contributed by atoms with Crippen LogP contribution in [0.4, 0.5) is 0 Å². The number of hydrogen-bond acceptors (Lipinski definition) is 3. The molecule has 0 N–H and O–H groups in total. The second kappa shape index (κ2) is 6.83. The number of rotatable bonds is 5. The molecule has 2 nitrogen and oxygen atoms in total. The molecule has 1 aliphatic rings. The van der Waals surface area contributed by atoms with Gasteiger partial charge >= 0.3 is 0 Å². The number of methoxy groups -OCH3 is 1. The molecule has 0 saturated carbocycles. The highest BCUT2D eigenvalue weighted by atomic mass is 32.2. The summed E-state index contributed by atoms with van der Waals surface area (Å²) in [4.78, 5) is 10.5. The maximum Gasteiger partial charge on any atom is 0.122 e. The highest BCUT2D eigenvalue weighted by Gasteiger charge is 2.17. The molecule has 0 amide bonds. The average molecular weight is 264 g/mol. The number of aryl methyl sites for hydroxylation is 1. The molecule has 1 aromatic carbocycles. The first-order chi connectivity index (χ1) is 8.85. The van der Waals surface area contributed by atoms with Gasteiger partial charge in [0.25, 0.3) is 0 Å². The number of aldehydes is 1. The van der Waals surface area contributed by atoms with Crippen LogP contribution in [0.3, 0.4) is 0 Å². The molecule has 0 aromatic heterocycles. The third-order valence-electron chi connectivity index (χ3n) is 3.53. The Balaban J connectivity index is 2.17. The molecule has 0 spiro atoms. The third-order valence-corrected chi connectivity index (χ3v) is 4.58. The Morgan fingerprint density at radius 3 is 2.83 bits per heavy atom. The zero-order valence-corrected chi connectivity index (χ0v) is 11.7. The van der Waals surface area contributed by atoms with Crippen molar-refractivity contribution >= 4 is 18.0 Å². The van der Waals surface area contributed by atoms with Gasteiger partial charge < -0.3 is 9.53 Å². The summed E-state index contributed by atoms with van der Waals surface area (Å²) in [7, 11) is 1.69. The van der Waals surface area contributed by atoms with Gasteiger partial charge in [0.2, 0.25) is 0 Å². The standard InChI is InChI=1S/C15H20O2S/c1-17-15-5-4-13(11-14(15)3-2-8-16)12-6-9-18-10-7-12/h4-5,8,11-12H,2-3,6-7,9-10H2,1H3. The quantitative estimate of drug-likeness (QED) is 0.762. The van der Waals surface area contributed by atoms with Crippen LogP contribution in [0.5, 0.6) is 5.75 Å². The number of carbonyl (C=O) groups excluding carboxylic acids is 1. The van der Waals surface area contributed by atoms with E-state index in [-0.39, 0.29) is 0 Å². The SMILES string of the molecule is COc1ccc(C2CCSCC2)cc1CCC=O. The van der Waals surface area contributed by atoms with Gasteiger partial charge in [0.15, 0.2) is 0 Å². The zero-order chi connectivity index (χ0) is 12.8. The van der Waals surface area contributed by atoms with Gasteiger partial charge in [0, 0.05) is 6.42 Å². The van der Waals surface area contributed by atoms with Crippen molar-refractivity contribution in [3.8, 4) is 5.75 Å². The Kier molecular flexibility index (Phi) is 5.12. The molecule has 0 bridgehead atoms. The van der Waals surface area contributed by atoms with Gasteiger partial charge in [0.05, 0.1) is 7.11 Å². The molecular formula is C15H20O2S. The van der Waals surface area contributed by atoms with Crippen LogP contribution in [0.15, 0.2) is 18.2 Å². The lowest BCUT2D eigenvalue weighted by molar-refractivity contribution is -0.107. The number of benzene rings is 1. The van der Waals surface area contributed by atoms with Gasteiger partial charge in [-0.15, -0.1) is 0 Å². The first kappa shape index (κ1) is 13.5. The molecule has 0 radical (unpaired) electrons. The molecule has 0 aliphatic carbocycles. The van der Waals surface area contributed by atoms with Crippen molar-refractivity contribution in [2.45, 2.75) is 31.6 Å². The summed E-state index contributed by atoms with van der Waals surface area (Å²) in [5, 5.41) is 0. The van der Waals surface area contributed by atoms with E-state index in [1.807, 2.05) is 11.8 Å². The Morgan fingerprint density at radius 2 is 2.17 bits per heavy atom. The zero-order valence-electron chi connectivity index (χ0n) is 10.9. The molecule has 0 unspecified atom stereocenters. The summed E-state index contributed by atoms with van der Waals surface area (Å²) in [6.45, 7) is 0. The summed E-state index contributed by atoms with van der Waals surface area (Å²) < 4.78 is 5.36. The van der Waals surface area contributed by atoms with Crippen LogP contribution in [0.25, 0.3) is 0 Å². The molecule has 0 atom stereocenters. The predicted molar refractivity (Wildman–Crippen MR) is 76.7 cm³/mol. The molecular weight excluding hydrogens is 244 g/mol. The largest absolute Gasteiger partial charge is 0.496 e. The van der Waals surface area contributed by atoms with Crippen LogP contribution in [0.1, 0.15) is 36.3 Å². The van der Waals surface area contributed by atoms with Crippen LogP contribution < -0.4 is 4.74 Å². The maximum atomic E-state index is 10.5. The third kappa shape index (κ3) is 3.29. The lowest BCUT2D eigenvalue weighted by Crippen LogP contribution is -2.08. The van der Waals surface area contributed by atoms with Crippen molar-refractivity contribution in [1.29, 1.82) is 0 Å². The first-order valence-electron chi connectivity index (χ1n) is 6.53. The van der Waals surface area contributed by atoms with Gasteiger partial charge in [-0.1, -0.05) is 12.1 Å². The molecule has 18 heavy (non-hydrogen) atoms. The Bertz CT molecular complexity index is 397. The molecule has 1 saturated heterocycles. The number of carbonyl (C=O) groups is 1. The van der Waals surface area contributed by atoms with E-state index in [2.05, 4.69) is 18.2 Å². The van der Waals surface area contributed by atoms with E-state index in [9.17, 15) is 4.79 Å². The Hall–Kier alpha value is -0.960. The minimum atomic E-state index is 0.570.